The highest BCUT2D eigenvalue weighted by Crippen LogP contribution is 2.24. The molecule has 122 valence electrons. The van der Waals surface area contributed by atoms with Crippen LogP contribution in [0.1, 0.15) is 6.92 Å². The lowest BCUT2D eigenvalue weighted by Crippen LogP contribution is -2.35. The van der Waals surface area contributed by atoms with Crippen molar-refractivity contribution in [1.82, 2.24) is 20.1 Å². The van der Waals surface area contributed by atoms with E-state index in [1.54, 1.807) is 43.2 Å². The van der Waals surface area contributed by atoms with E-state index in [0.29, 0.717) is 11.4 Å². The number of esters is 1. The molecule has 8 nitrogen and oxygen atoms in total. The lowest BCUT2D eigenvalue weighted by atomic mass is 10.2. The molecule has 0 aromatic carbocycles. The van der Waals surface area contributed by atoms with Crippen LogP contribution in [0.2, 0.25) is 0 Å². The van der Waals surface area contributed by atoms with Crippen LogP contribution in [0.3, 0.4) is 0 Å². The van der Waals surface area contributed by atoms with Crippen molar-refractivity contribution in [2.45, 2.75) is 6.92 Å². The smallest absolute Gasteiger partial charge is 0.319 e. The summed E-state index contributed by atoms with van der Waals surface area (Å²) < 4.78 is 6.27. The molecule has 0 saturated carbocycles. The number of anilines is 1. The van der Waals surface area contributed by atoms with E-state index < -0.39 is 11.9 Å². The van der Waals surface area contributed by atoms with Gasteiger partial charge < -0.3 is 15.4 Å². The van der Waals surface area contributed by atoms with Crippen LogP contribution in [-0.2, 0) is 16.6 Å². The zero-order valence-corrected chi connectivity index (χ0v) is 13.2. The summed E-state index contributed by atoms with van der Waals surface area (Å²) in [5.74, 6) is -0.792. The highest BCUT2D eigenvalue weighted by molar-refractivity contribution is 5.93. The van der Waals surface area contributed by atoms with E-state index in [9.17, 15) is 9.59 Å². The van der Waals surface area contributed by atoms with Crippen LogP contribution in [0.4, 0.5) is 10.5 Å². The summed E-state index contributed by atoms with van der Waals surface area (Å²) in [6.07, 6.45) is 5.13. The summed E-state index contributed by atoms with van der Waals surface area (Å²) in [7, 11) is 3.12. The van der Waals surface area contributed by atoms with Crippen LogP contribution in [0, 0.1) is 5.92 Å². The number of nitrogens with one attached hydrogen (secondary N) is 2. The van der Waals surface area contributed by atoms with Gasteiger partial charge in [0.1, 0.15) is 0 Å². The first-order valence-electron chi connectivity index (χ1n) is 7.08. The molecule has 0 bridgehead atoms. The molecule has 2 N–H and O–H groups in total. The highest BCUT2D eigenvalue weighted by atomic mass is 16.5. The first kappa shape index (κ1) is 16.5. The monoisotopic (exact) mass is 317 g/mol. The van der Waals surface area contributed by atoms with E-state index in [1.807, 2.05) is 6.20 Å². The Morgan fingerprint density at radius 1 is 1.43 bits per heavy atom. The number of pyridine rings is 1. The van der Waals surface area contributed by atoms with Gasteiger partial charge in [0.2, 0.25) is 0 Å². The normalized spacial score (nSPS) is 11.6. The standard InChI is InChI=1S/C15H19N5O3/c1-10(14(21)23-3)7-17-15(22)19-12-5-4-6-16-13(12)11-8-18-20(2)9-11/h4-6,8-10H,7H2,1-3H3,(H2,17,19,22). The molecule has 2 heterocycles. The molecule has 2 amide bonds. The summed E-state index contributed by atoms with van der Waals surface area (Å²) in [5, 5.41) is 9.46. The van der Waals surface area contributed by atoms with Gasteiger partial charge in [-0.15, -0.1) is 0 Å². The van der Waals surface area contributed by atoms with Crippen molar-refractivity contribution in [3.63, 3.8) is 0 Å². The third-order valence-electron chi connectivity index (χ3n) is 3.21. The SMILES string of the molecule is COC(=O)C(C)CNC(=O)Nc1cccnc1-c1cnn(C)c1. The van der Waals surface area contributed by atoms with Gasteiger partial charge in [0.25, 0.3) is 0 Å². The summed E-state index contributed by atoms with van der Waals surface area (Å²) in [5.41, 5.74) is 1.98. The van der Waals surface area contributed by atoms with Crippen molar-refractivity contribution in [1.29, 1.82) is 0 Å². The van der Waals surface area contributed by atoms with Gasteiger partial charge in [-0.25, -0.2) is 4.79 Å². The van der Waals surface area contributed by atoms with E-state index in [4.69, 9.17) is 0 Å². The van der Waals surface area contributed by atoms with E-state index in [-0.39, 0.29) is 12.5 Å². The van der Waals surface area contributed by atoms with E-state index in [1.165, 1.54) is 7.11 Å². The number of methoxy groups -OCH3 is 1. The molecule has 0 aliphatic carbocycles. The van der Waals surface area contributed by atoms with Gasteiger partial charge in [-0.2, -0.15) is 5.10 Å². The molecule has 0 radical (unpaired) electrons. The molecule has 1 unspecified atom stereocenters. The number of aromatic nitrogens is 3. The fourth-order valence-corrected chi connectivity index (χ4v) is 1.98. The van der Waals surface area contributed by atoms with E-state index in [0.717, 1.165) is 5.56 Å². The number of aryl methyl sites for hydroxylation is 1. The number of ether oxygens (including phenoxy) is 1. The maximum absolute atomic E-state index is 12.0. The van der Waals surface area contributed by atoms with Gasteiger partial charge in [0.15, 0.2) is 0 Å². The Bertz CT molecular complexity index is 698. The largest absolute Gasteiger partial charge is 0.469 e. The Kier molecular flexibility index (Phi) is 5.29. The Labute approximate surface area is 133 Å². The number of carbonyl (C=O) groups is 2. The third-order valence-corrected chi connectivity index (χ3v) is 3.21. The molecular formula is C15H19N5O3. The Morgan fingerprint density at radius 3 is 2.87 bits per heavy atom. The minimum Gasteiger partial charge on any atom is -0.469 e. The highest BCUT2D eigenvalue weighted by Gasteiger charge is 2.15. The van der Waals surface area contributed by atoms with Crippen molar-refractivity contribution >= 4 is 17.7 Å². The van der Waals surface area contributed by atoms with Gasteiger partial charge in [0, 0.05) is 31.5 Å². The van der Waals surface area contributed by atoms with Crippen molar-refractivity contribution in [3.8, 4) is 11.3 Å². The molecule has 0 saturated heterocycles. The fraction of sp³-hybridized carbons (Fsp3) is 0.333. The van der Waals surface area contributed by atoms with Crippen molar-refractivity contribution in [2.24, 2.45) is 13.0 Å². The molecule has 2 aromatic heterocycles. The number of amides is 2. The number of nitrogens with zero attached hydrogens (tertiary/aromatic N) is 3. The average molecular weight is 317 g/mol. The molecule has 0 aliphatic heterocycles. The summed E-state index contributed by atoms with van der Waals surface area (Å²) in [6.45, 7) is 1.86. The first-order chi connectivity index (χ1) is 11.0. The van der Waals surface area contributed by atoms with Gasteiger partial charge in [-0.1, -0.05) is 6.92 Å². The molecule has 1 atom stereocenters. The van der Waals surface area contributed by atoms with Crippen molar-refractivity contribution < 1.29 is 14.3 Å². The van der Waals surface area contributed by atoms with Gasteiger partial charge in [-0.3, -0.25) is 14.5 Å². The van der Waals surface area contributed by atoms with E-state index >= 15 is 0 Å². The van der Waals surface area contributed by atoms with Crippen LogP contribution in [0.5, 0.6) is 0 Å². The predicted octanol–water partition coefficient (Wildman–Crippen LogP) is 1.41. The predicted molar refractivity (Wildman–Crippen MR) is 84.6 cm³/mol. The molecule has 0 aliphatic rings. The topological polar surface area (TPSA) is 98.1 Å². The van der Waals surface area contributed by atoms with Crippen LogP contribution >= 0.6 is 0 Å². The second-order valence-electron chi connectivity index (χ2n) is 5.06. The second kappa shape index (κ2) is 7.39. The minimum atomic E-state index is -0.419. The number of rotatable bonds is 5. The minimum absolute atomic E-state index is 0.182. The Balaban J connectivity index is 2.03. The van der Waals surface area contributed by atoms with Crippen LogP contribution < -0.4 is 10.6 Å². The lowest BCUT2D eigenvalue weighted by Gasteiger charge is -2.12. The number of hydrogen-bond donors (Lipinski definition) is 2. The lowest BCUT2D eigenvalue weighted by molar-refractivity contribution is -0.144. The molecule has 2 aromatic rings. The molecule has 23 heavy (non-hydrogen) atoms. The number of urea groups is 1. The van der Waals surface area contributed by atoms with Crippen LogP contribution in [0.15, 0.2) is 30.7 Å². The average Bonchev–Trinajstić information content (AvgIpc) is 2.98. The molecule has 2 rings (SSSR count). The Hall–Kier alpha value is -2.90. The van der Waals surface area contributed by atoms with Crippen LogP contribution in [-0.4, -0.2) is 40.4 Å². The molecule has 0 spiro atoms. The van der Waals surface area contributed by atoms with E-state index in [2.05, 4.69) is 25.5 Å². The summed E-state index contributed by atoms with van der Waals surface area (Å²) >= 11 is 0. The second-order valence-corrected chi connectivity index (χ2v) is 5.06. The third kappa shape index (κ3) is 4.29. The quantitative estimate of drug-likeness (QED) is 0.813. The number of carbonyl (C=O) groups excluding carboxylic acids is 2. The Morgan fingerprint density at radius 2 is 2.22 bits per heavy atom. The summed E-state index contributed by atoms with van der Waals surface area (Å²) in [4.78, 5) is 27.6. The molecule has 8 heteroatoms. The zero-order valence-electron chi connectivity index (χ0n) is 13.2. The first-order valence-corrected chi connectivity index (χ1v) is 7.08. The van der Waals surface area contributed by atoms with Gasteiger partial charge >= 0.3 is 12.0 Å². The van der Waals surface area contributed by atoms with Crippen molar-refractivity contribution in [3.05, 3.63) is 30.7 Å². The number of hydrogen-bond acceptors (Lipinski definition) is 5. The van der Waals surface area contributed by atoms with Crippen molar-refractivity contribution in [2.75, 3.05) is 19.0 Å². The molecule has 0 fully saturated rings. The summed E-state index contributed by atoms with van der Waals surface area (Å²) in [6, 6.07) is 3.06. The fourth-order valence-electron chi connectivity index (χ4n) is 1.98. The zero-order chi connectivity index (χ0) is 16.8. The van der Waals surface area contributed by atoms with Crippen LogP contribution in [0.25, 0.3) is 11.3 Å². The molecular weight excluding hydrogens is 298 g/mol. The maximum Gasteiger partial charge on any atom is 0.319 e. The van der Waals surface area contributed by atoms with Gasteiger partial charge in [-0.05, 0) is 12.1 Å². The maximum atomic E-state index is 12.0. The van der Waals surface area contributed by atoms with Gasteiger partial charge in [0.05, 0.1) is 30.6 Å².